The Kier molecular flexibility index (Phi) is 9.32. The van der Waals surface area contributed by atoms with Gasteiger partial charge in [-0.05, 0) is 43.4 Å². The molecule has 7 nitrogen and oxygen atoms in total. The van der Waals surface area contributed by atoms with E-state index in [0.717, 1.165) is 12.1 Å². The summed E-state index contributed by atoms with van der Waals surface area (Å²) in [6, 6.07) is 11.3. The Bertz CT molecular complexity index is 1260. The summed E-state index contributed by atoms with van der Waals surface area (Å²) in [4.78, 5) is 45.3. The van der Waals surface area contributed by atoms with Gasteiger partial charge in [0, 0.05) is 30.0 Å². The molecular formula is C29H33F3N4O3. The first kappa shape index (κ1) is 29.6. The minimum Gasteiger partial charge on any atom is -0.369 e. The van der Waals surface area contributed by atoms with Gasteiger partial charge in [-0.1, -0.05) is 50.3 Å². The van der Waals surface area contributed by atoms with Crippen LogP contribution < -0.4 is 16.0 Å². The van der Waals surface area contributed by atoms with E-state index >= 15 is 0 Å². The molecule has 2 aromatic rings. The summed E-state index contributed by atoms with van der Waals surface area (Å²) in [6.07, 6.45) is -3.09. The molecule has 3 amide bonds. The number of hydrogen-bond donors (Lipinski definition) is 2. The first-order valence-corrected chi connectivity index (χ1v) is 12.7. The van der Waals surface area contributed by atoms with Crippen molar-refractivity contribution in [3.63, 3.8) is 0 Å². The van der Waals surface area contributed by atoms with E-state index in [9.17, 15) is 27.6 Å². The summed E-state index contributed by atoms with van der Waals surface area (Å²) in [5, 5.41) is 2.70. The van der Waals surface area contributed by atoms with Crippen LogP contribution in [-0.2, 0) is 20.6 Å². The normalized spacial score (nSPS) is 17.1. The number of amides is 3. The zero-order chi connectivity index (χ0) is 28.9. The number of allylic oxidation sites excluding steroid dienone is 1. The smallest absolute Gasteiger partial charge is 0.369 e. The number of nitrogens with one attached hydrogen (secondary N) is 1. The molecule has 0 fully saturated rings. The summed E-state index contributed by atoms with van der Waals surface area (Å²) in [7, 11) is 1.54. The number of anilines is 1. The van der Waals surface area contributed by atoms with Crippen molar-refractivity contribution in [3.05, 3.63) is 77.9 Å². The van der Waals surface area contributed by atoms with Crippen molar-refractivity contribution in [1.82, 2.24) is 5.32 Å². The average Bonchev–Trinajstić information content (AvgIpc) is 2.98. The van der Waals surface area contributed by atoms with Crippen LogP contribution in [0.1, 0.15) is 49.8 Å². The lowest BCUT2D eigenvalue weighted by Gasteiger charge is -2.27. The fraction of sp³-hybridized carbons (Fsp3) is 0.379. The number of carbonyl (C=O) groups is 3. The monoisotopic (exact) mass is 542 g/mol. The molecule has 0 aromatic heterocycles. The summed E-state index contributed by atoms with van der Waals surface area (Å²) in [6.45, 7) is 7.49. The molecule has 1 heterocycles. The molecule has 3 rings (SSSR count). The quantitative estimate of drug-likeness (QED) is 0.426. The lowest BCUT2D eigenvalue weighted by atomic mass is 9.81. The van der Waals surface area contributed by atoms with E-state index in [0.29, 0.717) is 36.1 Å². The minimum absolute atomic E-state index is 0.0503. The Morgan fingerprint density at radius 3 is 2.33 bits per heavy atom. The SMILES string of the molecule is C=CCC[C@H](C(N)=O)[C@@H](CC(C)C)C(=O)N[C@@H]1N=C(c2ccc(C(F)(F)F)cc2)c2ccccc2N(C)C1=O. The lowest BCUT2D eigenvalue weighted by Crippen LogP contribution is -2.50. The number of hydrogen-bond acceptors (Lipinski definition) is 4. The minimum atomic E-state index is -4.51. The molecule has 10 heteroatoms. The Labute approximate surface area is 226 Å². The van der Waals surface area contributed by atoms with Gasteiger partial charge < -0.3 is 16.0 Å². The van der Waals surface area contributed by atoms with Crippen LogP contribution in [0, 0.1) is 17.8 Å². The third-order valence-electron chi connectivity index (χ3n) is 6.70. The van der Waals surface area contributed by atoms with E-state index in [4.69, 9.17) is 5.73 Å². The van der Waals surface area contributed by atoms with Crippen molar-refractivity contribution >= 4 is 29.1 Å². The van der Waals surface area contributed by atoms with Crippen molar-refractivity contribution in [2.45, 2.75) is 45.5 Å². The van der Waals surface area contributed by atoms with Crippen molar-refractivity contribution in [2.24, 2.45) is 28.5 Å². The van der Waals surface area contributed by atoms with Gasteiger partial charge in [-0.2, -0.15) is 13.2 Å². The van der Waals surface area contributed by atoms with Crippen LogP contribution in [0.3, 0.4) is 0 Å². The zero-order valence-electron chi connectivity index (χ0n) is 22.2. The fourth-order valence-electron chi connectivity index (χ4n) is 4.71. The molecule has 0 saturated carbocycles. The second-order valence-corrected chi connectivity index (χ2v) is 9.99. The van der Waals surface area contributed by atoms with Gasteiger partial charge in [0.05, 0.1) is 17.0 Å². The van der Waals surface area contributed by atoms with Crippen molar-refractivity contribution in [2.75, 3.05) is 11.9 Å². The number of aliphatic imine (C=N–C) groups is 1. The number of nitrogens with zero attached hydrogens (tertiary/aromatic N) is 2. The molecule has 0 aliphatic carbocycles. The van der Waals surface area contributed by atoms with Gasteiger partial charge in [-0.15, -0.1) is 6.58 Å². The molecule has 3 N–H and O–H groups in total. The largest absolute Gasteiger partial charge is 0.416 e. The third-order valence-corrected chi connectivity index (χ3v) is 6.70. The highest BCUT2D eigenvalue weighted by atomic mass is 19.4. The second kappa shape index (κ2) is 12.3. The van der Waals surface area contributed by atoms with Crippen molar-refractivity contribution < 1.29 is 27.6 Å². The van der Waals surface area contributed by atoms with E-state index in [-0.39, 0.29) is 11.6 Å². The topological polar surface area (TPSA) is 105 Å². The van der Waals surface area contributed by atoms with Crippen LogP contribution in [0.25, 0.3) is 0 Å². The number of halogens is 3. The van der Waals surface area contributed by atoms with Gasteiger partial charge in [0.25, 0.3) is 5.91 Å². The first-order chi connectivity index (χ1) is 18.3. The lowest BCUT2D eigenvalue weighted by molar-refractivity contribution is -0.137. The molecule has 0 saturated heterocycles. The highest BCUT2D eigenvalue weighted by molar-refractivity contribution is 6.20. The van der Waals surface area contributed by atoms with Crippen LogP contribution in [0.15, 0.2) is 66.2 Å². The molecule has 0 bridgehead atoms. The highest BCUT2D eigenvalue weighted by Crippen LogP contribution is 2.32. The van der Waals surface area contributed by atoms with Gasteiger partial charge in [0.2, 0.25) is 18.0 Å². The number of carbonyl (C=O) groups excluding carboxylic acids is 3. The van der Waals surface area contributed by atoms with Crippen LogP contribution >= 0.6 is 0 Å². The molecule has 1 aliphatic rings. The standard InChI is InChI=1S/C29H33F3N4O3/c1-5-6-9-20(25(33)37)22(16-17(2)3)27(38)35-26-28(39)36(4)23-11-8-7-10-21(23)24(34-26)18-12-14-19(15-13-18)29(30,31)32/h5,7-8,10-15,17,20,22,26H,1,6,9,16H2,2-4H3,(H2,33,37)(H,35,38)/t20-,22+,26-/m0/s1. The number of fused-ring (bicyclic) bond motifs is 1. The number of nitrogens with two attached hydrogens (primary N) is 1. The van der Waals surface area contributed by atoms with Crippen LogP contribution in [-0.4, -0.2) is 36.6 Å². The fourth-order valence-corrected chi connectivity index (χ4v) is 4.71. The first-order valence-electron chi connectivity index (χ1n) is 12.7. The van der Waals surface area contributed by atoms with Crippen LogP contribution in [0.5, 0.6) is 0 Å². The number of rotatable bonds is 10. The highest BCUT2D eigenvalue weighted by Gasteiger charge is 2.37. The van der Waals surface area contributed by atoms with Gasteiger partial charge in [0.15, 0.2) is 0 Å². The van der Waals surface area contributed by atoms with E-state index in [1.165, 1.54) is 24.1 Å². The Morgan fingerprint density at radius 2 is 1.77 bits per heavy atom. The van der Waals surface area contributed by atoms with E-state index in [1.54, 1.807) is 30.3 Å². The van der Waals surface area contributed by atoms with Crippen LogP contribution in [0.4, 0.5) is 18.9 Å². The predicted octanol–water partition coefficient (Wildman–Crippen LogP) is 4.69. The molecule has 0 radical (unpaired) electrons. The molecule has 208 valence electrons. The summed E-state index contributed by atoms with van der Waals surface area (Å²) >= 11 is 0. The Hall–Kier alpha value is -3.95. The third kappa shape index (κ3) is 6.93. The van der Waals surface area contributed by atoms with E-state index < -0.39 is 47.5 Å². The number of likely N-dealkylation sites (N-methyl/N-ethyl adjacent to an activating group) is 1. The number of primary amides is 1. The maximum atomic E-state index is 13.6. The van der Waals surface area contributed by atoms with Gasteiger partial charge in [-0.25, -0.2) is 4.99 Å². The van der Waals surface area contributed by atoms with Crippen molar-refractivity contribution in [1.29, 1.82) is 0 Å². The number of alkyl halides is 3. The molecule has 39 heavy (non-hydrogen) atoms. The average molecular weight is 543 g/mol. The van der Waals surface area contributed by atoms with Gasteiger partial charge in [-0.3, -0.25) is 14.4 Å². The molecule has 2 aromatic carbocycles. The summed E-state index contributed by atoms with van der Waals surface area (Å²) in [5.41, 5.74) is 6.44. The molecular weight excluding hydrogens is 509 g/mol. The number of benzodiazepines with no additional fused rings is 1. The Balaban J connectivity index is 2.06. The summed E-state index contributed by atoms with van der Waals surface area (Å²) < 4.78 is 39.5. The van der Waals surface area contributed by atoms with E-state index in [1.807, 2.05) is 13.8 Å². The molecule has 3 atom stereocenters. The second-order valence-electron chi connectivity index (χ2n) is 9.99. The summed E-state index contributed by atoms with van der Waals surface area (Å²) in [5.74, 6) is -3.25. The van der Waals surface area contributed by atoms with Gasteiger partial charge in [0.1, 0.15) is 0 Å². The van der Waals surface area contributed by atoms with Crippen molar-refractivity contribution in [3.8, 4) is 0 Å². The maximum absolute atomic E-state index is 13.6. The number of benzene rings is 2. The Morgan fingerprint density at radius 1 is 1.13 bits per heavy atom. The molecule has 1 aliphatic heterocycles. The predicted molar refractivity (Wildman–Crippen MR) is 144 cm³/mol. The zero-order valence-corrected chi connectivity index (χ0v) is 22.2. The van der Waals surface area contributed by atoms with Crippen LogP contribution in [0.2, 0.25) is 0 Å². The molecule has 0 unspecified atom stereocenters. The van der Waals surface area contributed by atoms with Gasteiger partial charge >= 0.3 is 6.18 Å². The maximum Gasteiger partial charge on any atom is 0.416 e. The molecule has 0 spiro atoms. The van der Waals surface area contributed by atoms with E-state index in [2.05, 4.69) is 16.9 Å². The number of para-hydroxylation sites is 1.